The minimum Gasteiger partial charge on any atom is -0.293 e. The van der Waals surface area contributed by atoms with Crippen LogP contribution in [0.5, 0.6) is 0 Å². The summed E-state index contributed by atoms with van der Waals surface area (Å²) in [6, 6.07) is 3.93. The number of hydrogen-bond donors (Lipinski definition) is 0. The molecule has 2 rings (SSSR count). The van der Waals surface area contributed by atoms with E-state index < -0.39 is 6.43 Å². The summed E-state index contributed by atoms with van der Waals surface area (Å²) in [5.41, 5.74) is 3.16. The van der Waals surface area contributed by atoms with E-state index in [2.05, 4.69) is 4.98 Å². The third kappa shape index (κ3) is 2.50. The first-order valence-corrected chi connectivity index (χ1v) is 5.11. The maximum Gasteiger partial charge on any atom is 0.251 e. The number of aryl methyl sites for hydroxylation is 1. The molecule has 1 aliphatic heterocycles. The molecule has 4 heteroatoms. The first kappa shape index (κ1) is 10.5. The zero-order chi connectivity index (χ0) is 10.8. The molecule has 0 atom stereocenters. The fourth-order valence-corrected chi connectivity index (χ4v) is 1.93. The summed E-state index contributed by atoms with van der Waals surface area (Å²) in [6.07, 6.45) is -1.46. The molecule has 0 unspecified atom stereocenters. The highest BCUT2D eigenvalue weighted by Gasteiger charge is 2.19. The van der Waals surface area contributed by atoms with Crippen LogP contribution in [0.4, 0.5) is 8.78 Å². The lowest BCUT2D eigenvalue weighted by atomic mass is 10.1. The monoisotopic (exact) mass is 212 g/mol. The average molecular weight is 212 g/mol. The molecule has 1 aromatic heterocycles. The number of alkyl halides is 2. The second kappa shape index (κ2) is 4.23. The molecule has 1 aromatic rings. The van der Waals surface area contributed by atoms with E-state index >= 15 is 0 Å². The van der Waals surface area contributed by atoms with Gasteiger partial charge in [0.25, 0.3) is 6.43 Å². The maximum absolute atomic E-state index is 12.2. The smallest absolute Gasteiger partial charge is 0.251 e. The Balaban J connectivity index is 2.10. The van der Waals surface area contributed by atoms with Crippen LogP contribution in [0.3, 0.4) is 0 Å². The normalized spacial score (nSPS) is 16.8. The first-order chi connectivity index (χ1) is 7.15. The predicted octanol–water partition coefficient (Wildman–Crippen LogP) is 2.01. The van der Waals surface area contributed by atoms with Crippen molar-refractivity contribution in [1.29, 1.82) is 0 Å². The average Bonchev–Trinajstić information content (AvgIpc) is 2.17. The standard InChI is InChI=1S/C11H14F2N2/c1-8-2-3-9-6-15(7-11(12)13)5-4-10(9)14-8/h2-3,11H,4-7H2,1H3. The number of hydrogen-bond acceptors (Lipinski definition) is 2. The van der Waals surface area contributed by atoms with Crippen molar-refractivity contribution in [2.75, 3.05) is 13.1 Å². The minimum absolute atomic E-state index is 0.132. The molecule has 0 radical (unpaired) electrons. The molecule has 0 aliphatic carbocycles. The van der Waals surface area contributed by atoms with Crippen molar-refractivity contribution in [2.24, 2.45) is 0 Å². The van der Waals surface area contributed by atoms with Gasteiger partial charge in [0.05, 0.1) is 6.54 Å². The highest BCUT2D eigenvalue weighted by atomic mass is 19.3. The van der Waals surface area contributed by atoms with E-state index in [-0.39, 0.29) is 6.54 Å². The number of fused-ring (bicyclic) bond motifs is 1. The van der Waals surface area contributed by atoms with Gasteiger partial charge >= 0.3 is 0 Å². The SMILES string of the molecule is Cc1ccc2c(n1)CCN(CC(F)F)C2. The summed E-state index contributed by atoms with van der Waals surface area (Å²) < 4.78 is 24.4. The maximum atomic E-state index is 12.2. The molecule has 0 saturated carbocycles. The van der Waals surface area contributed by atoms with Gasteiger partial charge < -0.3 is 0 Å². The summed E-state index contributed by atoms with van der Waals surface area (Å²) in [5.74, 6) is 0. The quantitative estimate of drug-likeness (QED) is 0.745. The van der Waals surface area contributed by atoms with Crippen LogP contribution in [0.15, 0.2) is 12.1 Å². The molecule has 2 nitrogen and oxygen atoms in total. The van der Waals surface area contributed by atoms with Crippen LogP contribution in [-0.4, -0.2) is 29.4 Å². The van der Waals surface area contributed by atoms with Gasteiger partial charge in [0.2, 0.25) is 0 Å². The van der Waals surface area contributed by atoms with E-state index in [9.17, 15) is 8.78 Å². The van der Waals surface area contributed by atoms with Crippen LogP contribution in [0, 0.1) is 6.92 Å². The summed E-state index contributed by atoms with van der Waals surface area (Å²) in [6.45, 7) is 3.11. The van der Waals surface area contributed by atoms with E-state index in [1.165, 1.54) is 0 Å². The van der Waals surface area contributed by atoms with E-state index in [0.29, 0.717) is 13.1 Å². The molecule has 82 valence electrons. The molecule has 1 aliphatic rings. The summed E-state index contributed by atoms with van der Waals surface area (Å²) >= 11 is 0. The summed E-state index contributed by atoms with van der Waals surface area (Å²) in [7, 11) is 0. The van der Waals surface area contributed by atoms with Gasteiger partial charge in [-0.1, -0.05) is 6.07 Å². The first-order valence-electron chi connectivity index (χ1n) is 5.11. The van der Waals surface area contributed by atoms with Gasteiger partial charge in [-0.2, -0.15) is 0 Å². The Labute approximate surface area is 87.9 Å². The van der Waals surface area contributed by atoms with Gasteiger partial charge in [-0.3, -0.25) is 9.88 Å². The number of rotatable bonds is 2. The third-order valence-electron chi connectivity index (χ3n) is 2.66. The van der Waals surface area contributed by atoms with Gasteiger partial charge in [0.15, 0.2) is 0 Å². The van der Waals surface area contributed by atoms with Crippen LogP contribution in [0.1, 0.15) is 17.0 Å². The Morgan fingerprint density at radius 3 is 3.00 bits per heavy atom. The van der Waals surface area contributed by atoms with E-state index in [4.69, 9.17) is 0 Å². The van der Waals surface area contributed by atoms with Crippen LogP contribution >= 0.6 is 0 Å². The lowest BCUT2D eigenvalue weighted by molar-refractivity contribution is 0.0816. The number of pyridine rings is 1. The van der Waals surface area contributed by atoms with Gasteiger partial charge in [-0.15, -0.1) is 0 Å². The molecule has 0 aromatic carbocycles. The van der Waals surface area contributed by atoms with Crippen molar-refractivity contribution in [3.63, 3.8) is 0 Å². The highest BCUT2D eigenvalue weighted by molar-refractivity contribution is 5.24. The van der Waals surface area contributed by atoms with Gasteiger partial charge in [0, 0.05) is 30.9 Å². The van der Waals surface area contributed by atoms with Crippen LogP contribution in [0.2, 0.25) is 0 Å². The lowest BCUT2D eigenvalue weighted by Crippen LogP contribution is -2.34. The van der Waals surface area contributed by atoms with E-state index in [0.717, 1.165) is 23.4 Å². The molecule has 0 N–H and O–H groups in total. The topological polar surface area (TPSA) is 16.1 Å². The predicted molar refractivity (Wildman–Crippen MR) is 54.0 cm³/mol. The second-order valence-electron chi connectivity index (χ2n) is 3.93. The van der Waals surface area contributed by atoms with Gasteiger partial charge in [-0.05, 0) is 18.6 Å². The molecule has 0 bridgehead atoms. The number of nitrogens with zero attached hydrogens (tertiary/aromatic N) is 2. The summed E-state index contributed by atoms with van der Waals surface area (Å²) in [5, 5.41) is 0. The van der Waals surface area contributed by atoms with E-state index in [1.807, 2.05) is 19.1 Å². The Bertz CT molecular complexity index is 352. The zero-order valence-corrected chi connectivity index (χ0v) is 8.71. The van der Waals surface area contributed by atoms with Crippen LogP contribution < -0.4 is 0 Å². The molecule has 0 spiro atoms. The van der Waals surface area contributed by atoms with Crippen LogP contribution in [-0.2, 0) is 13.0 Å². The van der Waals surface area contributed by atoms with E-state index in [1.54, 1.807) is 4.90 Å². The molecule has 2 heterocycles. The fourth-order valence-electron chi connectivity index (χ4n) is 1.93. The number of aromatic nitrogens is 1. The van der Waals surface area contributed by atoms with Crippen molar-refractivity contribution in [3.05, 3.63) is 29.1 Å². The molecule has 0 saturated heterocycles. The second-order valence-corrected chi connectivity index (χ2v) is 3.93. The summed E-state index contributed by atoms with van der Waals surface area (Å²) in [4.78, 5) is 6.19. The van der Waals surface area contributed by atoms with Crippen molar-refractivity contribution < 1.29 is 8.78 Å². The Kier molecular flexibility index (Phi) is 2.95. The lowest BCUT2D eigenvalue weighted by Gasteiger charge is -2.27. The van der Waals surface area contributed by atoms with Gasteiger partial charge in [-0.25, -0.2) is 8.78 Å². The highest BCUT2D eigenvalue weighted by Crippen LogP contribution is 2.18. The van der Waals surface area contributed by atoms with Crippen molar-refractivity contribution in [3.8, 4) is 0 Å². The van der Waals surface area contributed by atoms with Crippen molar-refractivity contribution in [1.82, 2.24) is 9.88 Å². The largest absolute Gasteiger partial charge is 0.293 e. The Morgan fingerprint density at radius 2 is 2.27 bits per heavy atom. The molecule has 0 amide bonds. The third-order valence-corrected chi connectivity index (χ3v) is 2.66. The molecule has 0 fully saturated rings. The van der Waals surface area contributed by atoms with Crippen molar-refractivity contribution >= 4 is 0 Å². The Morgan fingerprint density at radius 1 is 1.47 bits per heavy atom. The Hall–Kier alpha value is -1.03. The molecular formula is C11H14F2N2. The molecular weight excluding hydrogens is 198 g/mol. The zero-order valence-electron chi connectivity index (χ0n) is 8.71. The number of halogens is 2. The fraction of sp³-hybridized carbons (Fsp3) is 0.545. The van der Waals surface area contributed by atoms with Crippen molar-refractivity contribution in [2.45, 2.75) is 26.3 Å². The van der Waals surface area contributed by atoms with Crippen LogP contribution in [0.25, 0.3) is 0 Å². The minimum atomic E-state index is -2.25. The molecule has 15 heavy (non-hydrogen) atoms. The van der Waals surface area contributed by atoms with Gasteiger partial charge in [0.1, 0.15) is 0 Å².